The normalized spacial score (nSPS) is 23.4. The van der Waals surface area contributed by atoms with E-state index in [1.54, 1.807) is 12.1 Å². The first-order valence-corrected chi connectivity index (χ1v) is 9.84. The summed E-state index contributed by atoms with van der Waals surface area (Å²) in [5.41, 5.74) is 1.07. The highest BCUT2D eigenvalue weighted by Gasteiger charge is 2.27. The fourth-order valence-corrected chi connectivity index (χ4v) is 4.32. The smallest absolute Gasteiger partial charge is 0.222 e. The zero-order chi connectivity index (χ0) is 17.6. The van der Waals surface area contributed by atoms with E-state index in [1.165, 1.54) is 18.9 Å². The molecule has 3 nitrogen and oxygen atoms in total. The van der Waals surface area contributed by atoms with Gasteiger partial charge in [0.15, 0.2) is 0 Å². The van der Waals surface area contributed by atoms with Gasteiger partial charge in [-0.25, -0.2) is 4.39 Å². The molecule has 1 aromatic rings. The van der Waals surface area contributed by atoms with Gasteiger partial charge in [-0.1, -0.05) is 19.1 Å². The van der Waals surface area contributed by atoms with Crippen molar-refractivity contribution in [3.05, 3.63) is 35.6 Å². The first-order chi connectivity index (χ1) is 12.1. The van der Waals surface area contributed by atoms with Crippen LogP contribution in [0.3, 0.4) is 0 Å². The molecule has 2 atom stereocenters. The van der Waals surface area contributed by atoms with Gasteiger partial charge in [-0.3, -0.25) is 4.79 Å². The summed E-state index contributed by atoms with van der Waals surface area (Å²) in [5.74, 6) is 1.83. The number of nitrogens with one attached hydrogen (secondary N) is 1. The van der Waals surface area contributed by atoms with Gasteiger partial charge < -0.3 is 10.2 Å². The number of carbonyl (C=O) groups excluding carboxylic acids is 1. The van der Waals surface area contributed by atoms with Crippen LogP contribution >= 0.6 is 0 Å². The molecule has 2 aliphatic heterocycles. The highest BCUT2D eigenvalue weighted by atomic mass is 19.1. The van der Waals surface area contributed by atoms with E-state index in [0.29, 0.717) is 30.1 Å². The number of nitrogens with zero attached hydrogens (tertiary/aromatic N) is 1. The summed E-state index contributed by atoms with van der Waals surface area (Å²) in [6, 6.07) is 6.91. The summed E-state index contributed by atoms with van der Waals surface area (Å²) in [5, 5.41) is 3.45. The molecule has 0 aromatic heterocycles. The molecule has 4 heteroatoms. The van der Waals surface area contributed by atoms with Crippen LogP contribution < -0.4 is 5.32 Å². The van der Waals surface area contributed by atoms with Crippen molar-refractivity contribution in [1.29, 1.82) is 0 Å². The lowest BCUT2D eigenvalue weighted by molar-refractivity contribution is -0.133. The molecule has 138 valence electrons. The maximum absolute atomic E-state index is 13.3. The van der Waals surface area contributed by atoms with Crippen molar-refractivity contribution < 1.29 is 9.18 Å². The lowest BCUT2D eigenvalue weighted by Crippen LogP contribution is -2.41. The minimum absolute atomic E-state index is 0.156. The number of amides is 1. The van der Waals surface area contributed by atoms with Crippen LogP contribution in [0, 0.1) is 23.6 Å². The largest absolute Gasteiger partial charge is 0.343 e. The zero-order valence-corrected chi connectivity index (χ0v) is 15.3. The number of halogens is 1. The van der Waals surface area contributed by atoms with Gasteiger partial charge in [0.25, 0.3) is 0 Å². The molecule has 1 amide bonds. The summed E-state index contributed by atoms with van der Waals surface area (Å²) in [7, 11) is 0. The Morgan fingerprint density at radius 3 is 2.80 bits per heavy atom. The van der Waals surface area contributed by atoms with Crippen molar-refractivity contribution in [2.45, 2.75) is 45.4 Å². The number of hydrogen-bond donors (Lipinski definition) is 1. The Hall–Kier alpha value is -1.42. The van der Waals surface area contributed by atoms with Gasteiger partial charge in [0.05, 0.1) is 0 Å². The van der Waals surface area contributed by atoms with E-state index < -0.39 is 0 Å². The van der Waals surface area contributed by atoms with Crippen molar-refractivity contribution >= 4 is 5.91 Å². The third kappa shape index (κ3) is 5.27. The number of likely N-dealkylation sites (tertiary alicyclic amines) is 1. The standard InChI is InChI=1S/C21H31FN2O/c1-16(19-5-3-9-23-15-19)12-21(25)24-10-7-17(8-11-24)13-18-4-2-6-20(22)14-18/h2,4,6,14,16-17,19,23H,3,5,7-13,15H2,1H3. The number of rotatable bonds is 5. The maximum Gasteiger partial charge on any atom is 0.222 e. The van der Waals surface area contributed by atoms with Gasteiger partial charge in [0.1, 0.15) is 5.82 Å². The molecule has 0 aliphatic carbocycles. The SMILES string of the molecule is CC(CC(=O)N1CCC(Cc2cccc(F)c2)CC1)C1CCCNC1. The Morgan fingerprint density at radius 1 is 1.32 bits per heavy atom. The van der Waals surface area contributed by atoms with Crippen LogP contribution in [0.25, 0.3) is 0 Å². The monoisotopic (exact) mass is 346 g/mol. The average Bonchev–Trinajstić information content (AvgIpc) is 2.63. The fourth-order valence-electron chi connectivity index (χ4n) is 4.32. The highest BCUT2D eigenvalue weighted by molar-refractivity contribution is 5.76. The molecule has 0 radical (unpaired) electrons. The summed E-state index contributed by atoms with van der Waals surface area (Å²) >= 11 is 0. The van der Waals surface area contributed by atoms with Crippen LogP contribution in [-0.4, -0.2) is 37.0 Å². The van der Waals surface area contributed by atoms with Crippen LogP contribution in [0.2, 0.25) is 0 Å². The number of benzene rings is 1. The van der Waals surface area contributed by atoms with Crippen molar-refractivity contribution in [3.63, 3.8) is 0 Å². The Morgan fingerprint density at radius 2 is 2.12 bits per heavy atom. The quantitative estimate of drug-likeness (QED) is 0.883. The second kappa shape index (κ2) is 8.79. The predicted octanol–water partition coefficient (Wildman–Crippen LogP) is 3.63. The fraction of sp³-hybridized carbons (Fsp3) is 0.667. The van der Waals surface area contributed by atoms with Gasteiger partial charge in [-0.2, -0.15) is 0 Å². The molecule has 2 saturated heterocycles. The summed E-state index contributed by atoms with van der Waals surface area (Å²) in [4.78, 5) is 14.7. The van der Waals surface area contributed by atoms with E-state index in [2.05, 4.69) is 17.1 Å². The van der Waals surface area contributed by atoms with Gasteiger partial charge >= 0.3 is 0 Å². The van der Waals surface area contributed by atoms with E-state index in [4.69, 9.17) is 0 Å². The minimum Gasteiger partial charge on any atom is -0.343 e. The molecule has 3 rings (SSSR count). The van der Waals surface area contributed by atoms with E-state index in [9.17, 15) is 9.18 Å². The summed E-state index contributed by atoms with van der Waals surface area (Å²) in [6.45, 7) is 6.12. The Bertz CT molecular complexity index is 563. The highest BCUT2D eigenvalue weighted by Crippen LogP contribution is 2.26. The predicted molar refractivity (Wildman–Crippen MR) is 98.8 cm³/mol. The molecule has 1 N–H and O–H groups in total. The second-order valence-electron chi connectivity index (χ2n) is 7.95. The second-order valence-corrected chi connectivity index (χ2v) is 7.95. The summed E-state index contributed by atoms with van der Waals surface area (Å²) < 4.78 is 13.3. The third-order valence-corrected chi connectivity index (χ3v) is 6.02. The molecule has 0 bridgehead atoms. The number of carbonyl (C=O) groups is 1. The first-order valence-electron chi connectivity index (χ1n) is 9.84. The Kier molecular flexibility index (Phi) is 6.46. The Balaban J connectivity index is 1.42. The minimum atomic E-state index is -0.156. The molecular weight excluding hydrogens is 315 g/mol. The molecule has 0 spiro atoms. The molecule has 2 aliphatic rings. The maximum atomic E-state index is 13.3. The molecule has 2 fully saturated rings. The molecular formula is C21H31FN2O. The van der Waals surface area contributed by atoms with Gasteiger partial charge in [-0.15, -0.1) is 0 Å². The molecule has 25 heavy (non-hydrogen) atoms. The number of hydrogen-bond acceptors (Lipinski definition) is 2. The van der Waals surface area contributed by atoms with E-state index >= 15 is 0 Å². The lowest BCUT2D eigenvalue weighted by Gasteiger charge is -2.34. The zero-order valence-electron chi connectivity index (χ0n) is 15.3. The van der Waals surface area contributed by atoms with Crippen molar-refractivity contribution in [2.75, 3.05) is 26.2 Å². The molecule has 2 unspecified atom stereocenters. The van der Waals surface area contributed by atoms with Crippen LogP contribution in [0.4, 0.5) is 4.39 Å². The van der Waals surface area contributed by atoms with Crippen LogP contribution in [-0.2, 0) is 11.2 Å². The Labute approximate surface area is 151 Å². The molecule has 0 saturated carbocycles. The van der Waals surface area contributed by atoms with E-state index in [1.807, 2.05) is 6.07 Å². The molecule has 1 aromatic carbocycles. The van der Waals surface area contributed by atoms with Crippen LogP contribution in [0.5, 0.6) is 0 Å². The third-order valence-electron chi connectivity index (χ3n) is 6.02. The van der Waals surface area contributed by atoms with Gasteiger partial charge in [0, 0.05) is 19.5 Å². The lowest BCUT2D eigenvalue weighted by atomic mass is 9.84. The van der Waals surface area contributed by atoms with Crippen molar-refractivity contribution in [3.8, 4) is 0 Å². The average molecular weight is 346 g/mol. The molecule has 2 heterocycles. The van der Waals surface area contributed by atoms with Gasteiger partial charge in [0.2, 0.25) is 5.91 Å². The van der Waals surface area contributed by atoms with Crippen molar-refractivity contribution in [1.82, 2.24) is 10.2 Å². The van der Waals surface area contributed by atoms with Crippen molar-refractivity contribution in [2.24, 2.45) is 17.8 Å². The number of piperidine rings is 2. The van der Waals surface area contributed by atoms with Gasteiger partial charge in [-0.05, 0) is 80.6 Å². The topological polar surface area (TPSA) is 32.3 Å². The van der Waals surface area contributed by atoms with Crippen LogP contribution in [0.15, 0.2) is 24.3 Å². The van der Waals surface area contributed by atoms with E-state index in [-0.39, 0.29) is 5.82 Å². The van der Waals surface area contributed by atoms with Crippen LogP contribution in [0.1, 0.15) is 44.6 Å². The van der Waals surface area contributed by atoms with E-state index in [0.717, 1.165) is 51.0 Å². The first kappa shape index (κ1) is 18.4. The summed E-state index contributed by atoms with van der Waals surface area (Å²) in [6.07, 6.45) is 6.14.